The smallest absolute Gasteiger partial charge is 0.106 e. The molecule has 0 N–H and O–H groups in total. The largest absolute Gasteiger partial charge is 0.368 e. The zero-order valence-corrected chi connectivity index (χ0v) is 7.89. The number of hydrogen-bond acceptors (Lipinski definition) is 1. The number of epoxide rings is 1. The molecule has 1 fully saturated rings. The molecule has 2 heteroatoms. The molecule has 58 valence electrons. The maximum absolute atomic E-state index is 5.20. The number of benzene rings is 1. The summed E-state index contributed by atoms with van der Waals surface area (Å²) in [5.74, 6) is 0. The van der Waals surface area contributed by atoms with Crippen molar-refractivity contribution < 1.29 is 4.74 Å². The average molecular weight is 213 g/mol. The van der Waals surface area contributed by atoms with Crippen molar-refractivity contribution in [2.45, 2.75) is 13.0 Å². The highest BCUT2D eigenvalue weighted by Crippen LogP contribution is 2.32. The van der Waals surface area contributed by atoms with E-state index >= 15 is 0 Å². The van der Waals surface area contributed by atoms with Gasteiger partial charge in [-0.1, -0.05) is 22.0 Å². The molecule has 1 aromatic carbocycles. The predicted octanol–water partition coefficient (Wildman–Crippen LogP) is 2.83. The number of ether oxygens (including phenoxy) is 1. The predicted molar refractivity (Wildman–Crippen MR) is 47.6 cm³/mol. The number of aryl methyl sites for hydroxylation is 1. The van der Waals surface area contributed by atoms with Crippen molar-refractivity contribution in [1.82, 2.24) is 0 Å². The van der Waals surface area contributed by atoms with E-state index in [0.29, 0.717) is 6.10 Å². The maximum Gasteiger partial charge on any atom is 0.106 e. The minimum Gasteiger partial charge on any atom is -0.368 e. The van der Waals surface area contributed by atoms with Crippen LogP contribution in [0.2, 0.25) is 0 Å². The van der Waals surface area contributed by atoms with Gasteiger partial charge in [0.1, 0.15) is 6.10 Å². The summed E-state index contributed by atoms with van der Waals surface area (Å²) in [5, 5.41) is 0. The van der Waals surface area contributed by atoms with Crippen LogP contribution in [0.5, 0.6) is 0 Å². The Kier molecular flexibility index (Phi) is 1.74. The van der Waals surface area contributed by atoms with Gasteiger partial charge in [0.2, 0.25) is 0 Å². The van der Waals surface area contributed by atoms with Gasteiger partial charge in [0.05, 0.1) is 6.61 Å². The Morgan fingerprint density at radius 1 is 1.55 bits per heavy atom. The SMILES string of the molecule is Cc1cc(Br)ccc1[C@H]1CO1. The first-order chi connectivity index (χ1) is 5.27. The van der Waals surface area contributed by atoms with Crippen molar-refractivity contribution in [3.63, 3.8) is 0 Å². The van der Waals surface area contributed by atoms with Gasteiger partial charge in [-0.25, -0.2) is 0 Å². The monoisotopic (exact) mass is 212 g/mol. The molecule has 0 spiro atoms. The van der Waals surface area contributed by atoms with Crippen molar-refractivity contribution in [2.24, 2.45) is 0 Å². The van der Waals surface area contributed by atoms with Crippen molar-refractivity contribution >= 4 is 15.9 Å². The zero-order chi connectivity index (χ0) is 7.84. The quantitative estimate of drug-likeness (QED) is 0.653. The third-order valence-electron chi connectivity index (χ3n) is 1.91. The van der Waals surface area contributed by atoms with Crippen LogP contribution in [0.1, 0.15) is 17.2 Å². The average Bonchev–Trinajstić information content (AvgIpc) is 2.70. The van der Waals surface area contributed by atoms with E-state index in [2.05, 4.69) is 41.1 Å². The molecule has 0 radical (unpaired) electrons. The maximum atomic E-state index is 5.20. The van der Waals surface area contributed by atoms with Crippen molar-refractivity contribution in [2.75, 3.05) is 6.61 Å². The first-order valence-electron chi connectivity index (χ1n) is 3.65. The van der Waals surface area contributed by atoms with Crippen LogP contribution < -0.4 is 0 Å². The molecule has 0 aliphatic carbocycles. The molecule has 0 amide bonds. The van der Waals surface area contributed by atoms with Crippen LogP contribution >= 0.6 is 15.9 Å². The summed E-state index contributed by atoms with van der Waals surface area (Å²) in [6.45, 7) is 3.00. The number of hydrogen-bond donors (Lipinski definition) is 0. The Balaban J connectivity index is 2.39. The van der Waals surface area contributed by atoms with Gasteiger partial charge in [0.25, 0.3) is 0 Å². The van der Waals surface area contributed by atoms with Gasteiger partial charge in [0, 0.05) is 4.47 Å². The fraction of sp³-hybridized carbons (Fsp3) is 0.333. The molecule has 0 aromatic heterocycles. The summed E-state index contributed by atoms with van der Waals surface area (Å²) in [5.41, 5.74) is 2.63. The molecule has 0 unspecified atom stereocenters. The number of rotatable bonds is 1. The topological polar surface area (TPSA) is 12.5 Å². The second-order valence-corrected chi connectivity index (χ2v) is 3.74. The van der Waals surface area contributed by atoms with Gasteiger partial charge in [0.15, 0.2) is 0 Å². The lowest BCUT2D eigenvalue weighted by molar-refractivity contribution is 0.415. The van der Waals surface area contributed by atoms with Crippen LogP contribution in [0.4, 0.5) is 0 Å². The Bertz CT molecular complexity index is 279. The molecule has 1 saturated heterocycles. The highest BCUT2D eigenvalue weighted by molar-refractivity contribution is 9.10. The zero-order valence-electron chi connectivity index (χ0n) is 6.30. The lowest BCUT2D eigenvalue weighted by Crippen LogP contribution is -1.85. The molecule has 0 saturated carbocycles. The van der Waals surface area contributed by atoms with E-state index in [1.54, 1.807) is 0 Å². The van der Waals surface area contributed by atoms with Crippen molar-refractivity contribution in [3.8, 4) is 0 Å². The fourth-order valence-corrected chi connectivity index (χ4v) is 1.70. The van der Waals surface area contributed by atoms with Gasteiger partial charge >= 0.3 is 0 Å². The Hall–Kier alpha value is -0.340. The van der Waals surface area contributed by atoms with Crippen molar-refractivity contribution in [3.05, 3.63) is 33.8 Å². The van der Waals surface area contributed by atoms with Crippen LogP contribution in [0.3, 0.4) is 0 Å². The molecule has 1 aliphatic rings. The van der Waals surface area contributed by atoms with Crippen molar-refractivity contribution in [1.29, 1.82) is 0 Å². The minimum atomic E-state index is 0.378. The standard InChI is InChI=1S/C9H9BrO/c1-6-4-7(10)2-3-8(6)9-5-11-9/h2-4,9H,5H2,1H3/t9-/m1/s1. The van der Waals surface area contributed by atoms with Crippen LogP contribution in [-0.4, -0.2) is 6.61 Å². The second-order valence-electron chi connectivity index (χ2n) is 2.82. The lowest BCUT2D eigenvalue weighted by Gasteiger charge is -2.01. The summed E-state index contributed by atoms with van der Waals surface area (Å²) in [6, 6.07) is 6.30. The first kappa shape index (κ1) is 7.32. The highest BCUT2D eigenvalue weighted by atomic mass is 79.9. The summed E-state index contributed by atoms with van der Waals surface area (Å²) < 4.78 is 6.34. The molecule has 11 heavy (non-hydrogen) atoms. The Morgan fingerprint density at radius 2 is 2.27 bits per heavy atom. The summed E-state index contributed by atoms with van der Waals surface area (Å²) >= 11 is 3.42. The van der Waals surface area contributed by atoms with E-state index in [4.69, 9.17) is 4.74 Å². The summed E-state index contributed by atoms with van der Waals surface area (Å²) in [7, 11) is 0. The van der Waals surface area contributed by atoms with Gasteiger partial charge in [-0.2, -0.15) is 0 Å². The fourth-order valence-electron chi connectivity index (χ4n) is 1.23. The molecule has 1 atom stereocenters. The Labute approximate surface area is 74.5 Å². The van der Waals surface area contributed by atoms with Gasteiger partial charge in [-0.3, -0.25) is 0 Å². The molecule has 1 aromatic rings. The van der Waals surface area contributed by atoms with Crippen LogP contribution in [-0.2, 0) is 4.74 Å². The summed E-state index contributed by atoms with van der Waals surface area (Å²) in [4.78, 5) is 0. The minimum absolute atomic E-state index is 0.378. The normalized spacial score (nSPS) is 21.8. The molecule has 1 nitrogen and oxygen atoms in total. The van der Waals surface area contributed by atoms with E-state index in [1.807, 2.05) is 0 Å². The van der Waals surface area contributed by atoms with Crippen LogP contribution in [0, 0.1) is 6.92 Å². The van der Waals surface area contributed by atoms with Gasteiger partial charge < -0.3 is 4.74 Å². The van der Waals surface area contributed by atoms with E-state index in [0.717, 1.165) is 11.1 Å². The molecular formula is C9H9BrO. The summed E-state index contributed by atoms with van der Waals surface area (Å²) in [6.07, 6.45) is 0.378. The first-order valence-corrected chi connectivity index (χ1v) is 4.44. The highest BCUT2D eigenvalue weighted by Gasteiger charge is 2.25. The van der Waals surface area contributed by atoms with E-state index in [1.165, 1.54) is 11.1 Å². The molecule has 1 heterocycles. The third kappa shape index (κ3) is 1.47. The third-order valence-corrected chi connectivity index (χ3v) is 2.41. The van der Waals surface area contributed by atoms with E-state index in [9.17, 15) is 0 Å². The number of halogens is 1. The molecular weight excluding hydrogens is 204 g/mol. The lowest BCUT2D eigenvalue weighted by atomic mass is 10.1. The molecule has 0 bridgehead atoms. The van der Waals surface area contributed by atoms with Crippen LogP contribution in [0.15, 0.2) is 22.7 Å². The molecule has 2 rings (SSSR count). The van der Waals surface area contributed by atoms with E-state index < -0.39 is 0 Å². The van der Waals surface area contributed by atoms with Gasteiger partial charge in [-0.05, 0) is 30.2 Å². The van der Waals surface area contributed by atoms with Crippen LogP contribution in [0.25, 0.3) is 0 Å². The Morgan fingerprint density at radius 3 is 2.82 bits per heavy atom. The van der Waals surface area contributed by atoms with Gasteiger partial charge in [-0.15, -0.1) is 0 Å². The van der Waals surface area contributed by atoms with E-state index in [-0.39, 0.29) is 0 Å². The molecule has 1 aliphatic heterocycles. The second kappa shape index (κ2) is 2.61.